The van der Waals surface area contributed by atoms with Crippen LogP contribution in [0.1, 0.15) is 0 Å². The lowest BCUT2D eigenvalue weighted by Crippen LogP contribution is -2.58. The van der Waals surface area contributed by atoms with E-state index in [1.54, 1.807) is 11.3 Å². The molecule has 128 valence electrons. The minimum atomic E-state index is -4.69. The molecule has 7 nitrogen and oxygen atoms in total. The molecule has 2 aliphatic rings. The fourth-order valence-corrected chi connectivity index (χ4v) is 3.05. The van der Waals surface area contributed by atoms with Crippen molar-refractivity contribution in [3.05, 3.63) is 41.8 Å². The first-order chi connectivity index (χ1) is 11.2. The van der Waals surface area contributed by atoms with Gasteiger partial charge in [0, 0.05) is 26.8 Å². The van der Waals surface area contributed by atoms with Gasteiger partial charge in [-0.2, -0.15) is 14.0 Å². The van der Waals surface area contributed by atoms with Crippen LogP contribution >= 0.6 is 11.3 Å². The Morgan fingerprint density at radius 1 is 1.12 bits per heavy atom. The highest BCUT2D eigenvalue weighted by molar-refractivity contribution is 7.21. The Bertz CT molecular complexity index is 871. The first-order valence-corrected chi connectivity index (χ1v) is 8.83. The molecule has 1 aliphatic heterocycles. The molecule has 1 aliphatic carbocycles. The molecular weight excluding hydrogens is 354 g/mol. The molecule has 1 aromatic rings. The van der Waals surface area contributed by atoms with Crippen LogP contribution in [-0.2, 0) is 0 Å². The van der Waals surface area contributed by atoms with Gasteiger partial charge in [0.25, 0.3) is 0 Å². The van der Waals surface area contributed by atoms with E-state index in [4.69, 9.17) is 23.6 Å². The maximum absolute atomic E-state index is 8.60. The van der Waals surface area contributed by atoms with E-state index in [2.05, 4.69) is 34.2 Å². The summed E-state index contributed by atoms with van der Waals surface area (Å²) in [6.07, 6.45) is 0. The first kappa shape index (κ1) is 18.5. The third-order valence-corrected chi connectivity index (χ3v) is 4.22. The summed E-state index contributed by atoms with van der Waals surface area (Å²) in [7, 11) is 1.22. The van der Waals surface area contributed by atoms with Crippen molar-refractivity contribution in [2.45, 2.75) is 0 Å². The van der Waals surface area contributed by atoms with Crippen molar-refractivity contribution in [1.82, 2.24) is 4.98 Å². The van der Waals surface area contributed by atoms with Crippen LogP contribution in [0.2, 0.25) is 0 Å². The van der Waals surface area contributed by atoms with Gasteiger partial charge in [-0.3, -0.25) is 4.99 Å². The number of fused-ring (bicyclic) bond motifs is 2. The number of aromatic nitrogens is 1. The number of rotatable bonds is 1. The molecule has 1 N–H and O–H groups in total. The Morgan fingerprint density at radius 3 is 2.38 bits per heavy atom. The molecule has 9 heteroatoms. The fourth-order valence-electron chi connectivity index (χ4n) is 2.02. The highest BCUT2D eigenvalue weighted by Gasteiger charge is 2.07. The highest BCUT2D eigenvalue weighted by atomic mass is 35.7. The molecule has 1 heterocycles. The van der Waals surface area contributed by atoms with E-state index in [1.165, 1.54) is 15.3 Å². The number of halogens is 1. The average molecular weight is 370 g/mol. The van der Waals surface area contributed by atoms with Gasteiger partial charge in [0.2, 0.25) is 0 Å². The van der Waals surface area contributed by atoms with E-state index < -0.39 is 10.2 Å². The van der Waals surface area contributed by atoms with Gasteiger partial charge in [0.15, 0.2) is 0 Å². The van der Waals surface area contributed by atoms with Gasteiger partial charge in [-0.05, 0) is 36.4 Å². The zero-order valence-electron chi connectivity index (χ0n) is 13.3. The van der Waals surface area contributed by atoms with Crippen LogP contribution in [0.3, 0.4) is 0 Å². The maximum Gasteiger partial charge on any atom is 0.0811 e. The Kier molecular flexibility index (Phi) is 5.70. The zero-order chi connectivity index (χ0) is 17.9. The van der Waals surface area contributed by atoms with Crippen molar-refractivity contribution in [3.8, 4) is 10.6 Å². The van der Waals surface area contributed by atoms with Gasteiger partial charge < -0.3 is 4.90 Å². The quantitative estimate of drug-likeness (QED) is 0.542. The highest BCUT2D eigenvalue weighted by Crippen LogP contribution is 2.31. The molecule has 24 heavy (non-hydrogen) atoms. The van der Waals surface area contributed by atoms with Crippen LogP contribution in [0.4, 0.5) is 5.69 Å². The normalized spacial score (nSPS) is 12.2. The molecule has 0 spiro atoms. The second-order valence-corrected chi connectivity index (χ2v) is 6.91. The van der Waals surface area contributed by atoms with Crippen molar-refractivity contribution in [3.63, 3.8) is 0 Å². The summed E-state index contributed by atoms with van der Waals surface area (Å²) >= 11 is 1.76. The van der Waals surface area contributed by atoms with Crippen LogP contribution in [0, 0.1) is 10.2 Å². The van der Waals surface area contributed by atoms with E-state index in [0.29, 0.717) is 0 Å². The minimum Gasteiger partial charge on any atom is -0.378 e. The number of hydrogen-bond donors (Lipinski definition) is 1. The van der Waals surface area contributed by atoms with Crippen molar-refractivity contribution in [2.24, 2.45) is 4.99 Å². The summed E-state index contributed by atoms with van der Waals surface area (Å²) in [5.41, 5.74) is 3.27. The van der Waals surface area contributed by atoms with E-state index in [9.17, 15) is 0 Å². The van der Waals surface area contributed by atoms with Gasteiger partial charge >= 0.3 is 0 Å². The van der Waals surface area contributed by atoms with Gasteiger partial charge in [0.05, 0.1) is 41.0 Å². The Morgan fingerprint density at radius 2 is 1.79 bits per heavy atom. The molecule has 0 saturated carbocycles. The van der Waals surface area contributed by atoms with Gasteiger partial charge in [-0.1, -0.05) is 0 Å². The Labute approximate surface area is 144 Å². The molecule has 0 bridgehead atoms. The first-order valence-electron chi connectivity index (χ1n) is 6.75. The molecule has 3 rings (SSSR count). The minimum absolute atomic E-state index is 0.994. The van der Waals surface area contributed by atoms with E-state index in [-0.39, 0.29) is 0 Å². The summed E-state index contributed by atoms with van der Waals surface area (Å²) in [5.74, 6) is 0. The third-order valence-electron chi connectivity index (χ3n) is 3.12. The second-order valence-electron chi connectivity index (χ2n) is 5.03. The topological polar surface area (TPSA) is 118 Å². The molecule has 0 saturated heterocycles. The summed E-state index contributed by atoms with van der Waals surface area (Å²) in [6.45, 7) is 0. The van der Waals surface area contributed by atoms with Gasteiger partial charge in [-0.15, -0.1) is 11.3 Å². The number of benzene rings is 2. The SMILES string of the molecule is CN=c1ccc2nc3ccc(N(C)C)cc3sc-2c1.[O-][Cl+3]([O-])([O-])O. The van der Waals surface area contributed by atoms with Gasteiger partial charge in [0.1, 0.15) is 0 Å². The Balaban J connectivity index is 0.000000368. The molecule has 0 amide bonds. The lowest BCUT2D eigenvalue weighted by atomic mass is 10.2. The van der Waals surface area contributed by atoms with Crippen LogP contribution in [-0.4, -0.2) is 30.8 Å². The van der Waals surface area contributed by atoms with E-state index in [0.717, 1.165) is 16.6 Å². The number of anilines is 1. The zero-order valence-corrected chi connectivity index (χ0v) is 14.8. The third kappa shape index (κ3) is 5.10. The Hall–Kier alpha value is -1.81. The molecular formula is C15H16ClN3O4S. The summed E-state index contributed by atoms with van der Waals surface area (Å²) in [4.78, 5) is 12.2. The largest absolute Gasteiger partial charge is 0.378 e. The van der Waals surface area contributed by atoms with Gasteiger partial charge in [-0.25, -0.2) is 4.98 Å². The average Bonchev–Trinajstić information content (AvgIpc) is 2.50. The molecule has 0 aromatic heterocycles. The van der Waals surface area contributed by atoms with Crippen molar-refractivity contribution < 1.29 is 28.9 Å². The van der Waals surface area contributed by atoms with Crippen molar-refractivity contribution >= 4 is 27.2 Å². The number of nitrogens with zero attached hydrogens (tertiary/aromatic N) is 3. The van der Waals surface area contributed by atoms with Crippen LogP contribution in [0.25, 0.3) is 20.8 Å². The summed E-state index contributed by atoms with van der Waals surface area (Å²) in [5, 5.41) is 0.994. The van der Waals surface area contributed by atoms with E-state index >= 15 is 0 Å². The lowest BCUT2D eigenvalue weighted by molar-refractivity contribution is -1.92. The predicted molar refractivity (Wildman–Crippen MR) is 84.3 cm³/mol. The molecule has 1 aromatic carbocycles. The molecule has 0 unspecified atom stereocenters. The van der Waals surface area contributed by atoms with Crippen molar-refractivity contribution in [1.29, 1.82) is 0 Å². The van der Waals surface area contributed by atoms with Crippen LogP contribution in [0.15, 0.2) is 41.4 Å². The smallest absolute Gasteiger partial charge is 0.0811 e. The summed E-state index contributed by atoms with van der Waals surface area (Å²) in [6, 6.07) is 12.5. The lowest BCUT2D eigenvalue weighted by Gasteiger charge is -2.13. The second kappa shape index (κ2) is 7.39. The summed E-state index contributed by atoms with van der Waals surface area (Å²) < 4.78 is 33.9. The van der Waals surface area contributed by atoms with Crippen LogP contribution < -0.4 is 24.2 Å². The van der Waals surface area contributed by atoms with Crippen molar-refractivity contribution in [2.75, 3.05) is 26.0 Å². The molecule has 0 atom stereocenters. The maximum atomic E-state index is 8.60. The predicted octanol–water partition coefficient (Wildman–Crippen LogP) is -1.13. The van der Waals surface area contributed by atoms with E-state index in [1.807, 2.05) is 33.3 Å². The standard InChI is InChI=1S/C15H15N3S.ClHO4/c1-16-10-4-6-12-14(8-10)19-15-9-11(18(2)3)5-7-13(15)17-12;2-1(3,4)5/h4-9H,1-3H3;(H,2,3,4,5). The van der Waals surface area contributed by atoms with Crippen LogP contribution in [0.5, 0.6) is 0 Å². The number of hydrogen-bond acceptors (Lipinski definition) is 8. The molecule has 0 fully saturated rings. The fraction of sp³-hybridized carbons (Fsp3) is 0.200. The molecule has 0 radical (unpaired) electrons. The monoisotopic (exact) mass is 369 g/mol.